The Labute approximate surface area is 166 Å². The van der Waals surface area contributed by atoms with Crippen LogP contribution in [0.15, 0.2) is 0 Å². The van der Waals surface area contributed by atoms with Gasteiger partial charge in [0, 0.05) is 45.3 Å². The molecule has 0 spiro atoms. The molecule has 1 N–H and O–H groups in total. The van der Waals surface area contributed by atoms with Crippen LogP contribution in [0.1, 0.15) is 43.8 Å². The lowest BCUT2D eigenvalue weighted by Crippen LogP contribution is -2.44. The van der Waals surface area contributed by atoms with Crippen LogP contribution in [0.25, 0.3) is 0 Å². The van der Waals surface area contributed by atoms with Crippen LogP contribution >= 0.6 is 0 Å². The number of H-pyrrole nitrogens is 1. The van der Waals surface area contributed by atoms with Crippen molar-refractivity contribution in [1.29, 1.82) is 0 Å². The van der Waals surface area contributed by atoms with Crippen molar-refractivity contribution in [2.24, 2.45) is 17.8 Å². The number of aromatic nitrogens is 3. The standard InChI is InChI=1S/C20H31N5O3/c1-14-21-18(23-22-14)11-19(26)24-7-2-3-16(12-24)17-4-8-25(13-17)20(27)15-5-9-28-10-6-15/h15-17H,2-13H2,1H3,(H,21,22,23). The number of nitrogens with one attached hydrogen (secondary N) is 1. The van der Waals surface area contributed by atoms with E-state index in [4.69, 9.17) is 4.74 Å². The molecule has 2 unspecified atom stereocenters. The van der Waals surface area contributed by atoms with Crippen LogP contribution in [0.3, 0.4) is 0 Å². The average Bonchev–Trinajstić information content (AvgIpc) is 3.37. The lowest BCUT2D eigenvalue weighted by molar-refractivity contribution is -0.138. The maximum atomic E-state index is 12.8. The highest BCUT2D eigenvalue weighted by Gasteiger charge is 2.37. The quantitative estimate of drug-likeness (QED) is 0.835. The van der Waals surface area contributed by atoms with Crippen LogP contribution in [0.4, 0.5) is 0 Å². The van der Waals surface area contributed by atoms with Gasteiger partial charge in [0.15, 0.2) is 5.82 Å². The van der Waals surface area contributed by atoms with Crippen LogP contribution in [-0.4, -0.2) is 76.2 Å². The highest BCUT2D eigenvalue weighted by Crippen LogP contribution is 2.32. The molecule has 0 aromatic carbocycles. The number of likely N-dealkylation sites (tertiary alicyclic amines) is 2. The molecular formula is C20H31N5O3. The van der Waals surface area contributed by atoms with E-state index in [2.05, 4.69) is 20.1 Å². The summed E-state index contributed by atoms with van der Waals surface area (Å²) in [4.78, 5) is 33.8. The molecule has 154 valence electrons. The summed E-state index contributed by atoms with van der Waals surface area (Å²) in [5.74, 6) is 2.86. The Morgan fingerprint density at radius 2 is 1.82 bits per heavy atom. The second-order valence-corrected chi connectivity index (χ2v) is 8.48. The number of carbonyl (C=O) groups excluding carboxylic acids is 2. The number of hydrogen-bond donors (Lipinski definition) is 1. The highest BCUT2D eigenvalue weighted by atomic mass is 16.5. The van der Waals surface area contributed by atoms with Gasteiger partial charge in [-0.1, -0.05) is 0 Å². The molecule has 4 rings (SSSR count). The maximum absolute atomic E-state index is 12.8. The molecule has 1 aromatic rings. The van der Waals surface area contributed by atoms with Crippen molar-refractivity contribution in [2.45, 2.75) is 45.4 Å². The zero-order valence-electron chi connectivity index (χ0n) is 16.7. The lowest BCUT2D eigenvalue weighted by atomic mass is 9.84. The Hall–Kier alpha value is -1.96. The van der Waals surface area contributed by atoms with Gasteiger partial charge in [-0.25, -0.2) is 4.98 Å². The third-order valence-corrected chi connectivity index (χ3v) is 6.54. The molecule has 3 aliphatic rings. The molecule has 1 aromatic heterocycles. The van der Waals surface area contributed by atoms with Gasteiger partial charge >= 0.3 is 0 Å². The fourth-order valence-electron chi connectivity index (χ4n) is 4.91. The monoisotopic (exact) mass is 389 g/mol. The van der Waals surface area contributed by atoms with Gasteiger partial charge in [0.2, 0.25) is 11.8 Å². The Morgan fingerprint density at radius 1 is 1.07 bits per heavy atom. The van der Waals surface area contributed by atoms with Gasteiger partial charge < -0.3 is 14.5 Å². The normalized spacial score (nSPS) is 26.6. The van der Waals surface area contributed by atoms with Crippen molar-refractivity contribution >= 4 is 11.8 Å². The maximum Gasteiger partial charge on any atom is 0.230 e. The minimum absolute atomic E-state index is 0.108. The van der Waals surface area contributed by atoms with Gasteiger partial charge in [-0.3, -0.25) is 14.7 Å². The summed E-state index contributed by atoms with van der Waals surface area (Å²) in [6.07, 6.45) is 5.21. The van der Waals surface area contributed by atoms with Crippen molar-refractivity contribution in [3.05, 3.63) is 11.6 Å². The minimum atomic E-state index is 0.108. The predicted octanol–water partition coefficient (Wildman–Crippen LogP) is 1.17. The summed E-state index contributed by atoms with van der Waals surface area (Å²) < 4.78 is 5.39. The van der Waals surface area contributed by atoms with Crippen molar-refractivity contribution in [3.8, 4) is 0 Å². The molecule has 0 bridgehead atoms. The number of hydrogen-bond acceptors (Lipinski definition) is 5. The molecule has 0 radical (unpaired) electrons. The topological polar surface area (TPSA) is 91.4 Å². The van der Waals surface area contributed by atoms with Crippen LogP contribution in [0.5, 0.6) is 0 Å². The van der Waals surface area contributed by atoms with E-state index < -0.39 is 0 Å². The second-order valence-electron chi connectivity index (χ2n) is 8.48. The zero-order chi connectivity index (χ0) is 19.5. The van der Waals surface area contributed by atoms with Crippen molar-refractivity contribution < 1.29 is 14.3 Å². The summed E-state index contributed by atoms with van der Waals surface area (Å²) >= 11 is 0. The van der Waals surface area contributed by atoms with Crippen molar-refractivity contribution in [2.75, 3.05) is 39.4 Å². The van der Waals surface area contributed by atoms with Crippen LogP contribution < -0.4 is 0 Å². The van der Waals surface area contributed by atoms with E-state index in [-0.39, 0.29) is 18.2 Å². The van der Waals surface area contributed by atoms with Gasteiger partial charge in [0.25, 0.3) is 0 Å². The predicted molar refractivity (Wildman–Crippen MR) is 102 cm³/mol. The Morgan fingerprint density at radius 3 is 2.57 bits per heavy atom. The van der Waals surface area contributed by atoms with Gasteiger partial charge in [-0.05, 0) is 50.9 Å². The first-order valence-corrected chi connectivity index (χ1v) is 10.6. The minimum Gasteiger partial charge on any atom is -0.381 e. The number of carbonyl (C=O) groups is 2. The van der Waals surface area contributed by atoms with Crippen molar-refractivity contribution in [1.82, 2.24) is 25.0 Å². The molecule has 8 nitrogen and oxygen atoms in total. The second kappa shape index (κ2) is 8.59. The van der Waals surface area contributed by atoms with E-state index in [0.29, 0.717) is 36.8 Å². The SMILES string of the molecule is Cc1nc(CC(=O)N2CCCC(C3CCN(C(=O)C4CCOCC4)C3)C2)n[nH]1. The third-order valence-electron chi connectivity index (χ3n) is 6.54. The van der Waals surface area contributed by atoms with Gasteiger partial charge in [0.05, 0.1) is 6.42 Å². The first kappa shape index (κ1) is 19.4. The number of aromatic amines is 1. The molecule has 28 heavy (non-hydrogen) atoms. The number of nitrogens with zero attached hydrogens (tertiary/aromatic N) is 4. The molecule has 3 fully saturated rings. The van der Waals surface area contributed by atoms with E-state index >= 15 is 0 Å². The fraction of sp³-hybridized carbons (Fsp3) is 0.800. The van der Waals surface area contributed by atoms with Crippen LogP contribution in [0.2, 0.25) is 0 Å². The number of aryl methyl sites for hydroxylation is 1. The van der Waals surface area contributed by atoms with Crippen LogP contribution in [0, 0.1) is 24.7 Å². The fourth-order valence-corrected chi connectivity index (χ4v) is 4.91. The van der Waals surface area contributed by atoms with Crippen molar-refractivity contribution in [3.63, 3.8) is 0 Å². The summed E-state index contributed by atoms with van der Waals surface area (Å²) in [5.41, 5.74) is 0. The third kappa shape index (κ3) is 4.37. The van der Waals surface area contributed by atoms with E-state index in [9.17, 15) is 9.59 Å². The molecule has 0 aliphatic carbocycles. The average molecular weight is 390 g/mol. The molecule has 2 atom stereocenters. The smallest absolute Gasteiger partial charge is 0.230 e. The summed E-state index contributed by atoms with van der Waals surface area (Å²) in [6, 6.07) is 0. The van der Waals surface area contributed by atoms with Gasteiger partial charge in [0.1, 0.15) is 5.82 Å². The number of rotatable bonds is 4. The largest absolute Gasteiger partial charge is 0.381 e. The van der Waals surface area contributed by atoms with Crippen LogP contribution in [-0.2, 0) is 20.7 Å². The van der Waals surface area contributed by atoms with E-state index in [1.807, 2.05) is 11.8 Å². The molecule has 4 heterocycles. The molecule has 3 aliphatic heterocycles. The van der Waals surface area contributed by atoms with Gasteiger partial charge in [-0.2, -0.15) is 5.10 Å². The van der Waals surface area contributed by atoms with Gasteiger partial charge in [-0.15, -0.1) is 0 Å². The highest BCUT2D eigenvalue weighted by molar-refractivity contribution is 5.79. The lowest BCUT2D eigenvalue weighted by Gasteiger charge is -2.36. The Kier molecular flexibility index (Phi) is 5.94. The number of amides is 2. The Balaban J connectivity index is 1.29. The van der Waals surface area contributed by atoms with E-state index in [1.165, 1.54) is 0 Å². The molecular weight excluding hydrogens is 358 g/mol. The summed E-state index contributed by atoms with van der Waals surface area (Å²) in [5, 5.41) is 6.88. The molecule has 0 saturated carbocycles. The number of piperidine rings is 1. The molecule has 3 saturated heterocycles. The molecule has 8 heteroatoms. The van der Waals surface area contributed by atoms with E-state index in [1.54, 1.807) is 0 Å². The zero-order valence-corrected chi connectivity index (χ0v) is 16.7. The van der Waals surface area contributed by atoms with E-state index in [0.717, 1.165) is 64.1 Å². The summed E-state index contributed by atoms with van der Waals surface area (Å²) in [6.45, 7) is 6.58. The first-order chi connectivity index (χ1) is 13.6. The first-order valence-electron chi connectivity index (χ1n) is 10.6. The number of ether oxygens (including phenoxy) is 1. The Bertz CT molecular complexity index is 700. The summed E-state index contributed by atoms with van der Waals surface area (Å²) in [7, 11) is 0. The molecule has 2 amide bonds.